The monoisotopic (exact) mass is 553 g/mol. The number of hydrogen-bond acceptors (Lipinski definition) is 5. The maximum absolute atomic E-state index is 13.9. The van der Waals surface area contributed by atoms with E-state index in [1.54, 1.807) is 16.8 Å². The van der Waals surface area contributed by atoms with Gasteiger partial charge in [0, 0.05) is 50.7 Å². The fourth-order valence-electron chi connectivity index (χ4n) is 5.17. The summed E-state index contributed by atoms with van der Waals surface area (Å²) in [7, 11) is 0.349. The summed E-state index contributed by atoms with van der Waals surface area (Å²) in [6.45, 7) is 11.2. The number of likely N-dealkylation sites (N-methyl/N-ethyl adjacent to an activating group) is 1. The van der Waals surface area contributed by atoms with Crippen molar-refractivity contribution >= 4 is 37.1 Å². The molecular formula is C29H39N3O4SSi. The number of ether oxygens (including phenoxy) is 1. The first kappa shape index (κ1) is 28.4. The third-order valence-electron chi connectivity index (χ3n) is 7.17. The van der Waals surface area contributed by atoms with Gasteiger partial charge in [0.2, 0.25) is 0 Å². The number of hydrogen-bond donors (Lipinski definition) is 1. The van der Waals surface area contributed by atoms with Gasteiger partial charge in [-0.1, -0.05) is 73.8 Å². The molecule has 3 atom stereocenters. The molecule has 2 aromatic carbocycles. The minimum Gasteiger partial charge on any atom is -0.598 e. The number of carbonyl (C=O) groups excluding carboxylic acids is 2. The summed E-state index contributed by atoms with van der Waals surface area (Å²) >= 11 is -1.41. The van der Waals surface area contributed by atoms with Crippen LogP contribution < -0.4 is 9.62 Å². The largest absolute Gasteiger partial charge is 0.598 e. The average Bonchev–Trinajstić information content (AvgIpc) is 2.98. The van der Waals surface area contributed by atoms with Crippen LogP contribution in [0.1, 0.15) is 43.0 Å². The smallest absolute Gasteiger partial charge is 0.410 e. The zero-order valence-corrected chi connectivity index (χ0v) is 25.1. The van der Waals surface area contributed by atoms with Gasteiger partial charge in [0.15, 0.2) is 5.54 Å². The van der Waals surface area contributed by atoms with Crippen molar-refractivity contribution in [3.63, 3.8) is 0 Å². The summed E-state index contributed by atoms with van der Waals surface area (Å²) in [5.74, 6) is 0.350. The molecular weight excluding hydrogens is 514 g/mol. The molecule has 38 heavy (non-hydrogen) atoms. The van der Waals surface area contributed by atoms with Gasteiger partial charge in [0.25, 0.3) is 5.91 Å². The Morgan fingerprint density at radius 2 is 1.89 bits per heavy atom. The molecule has 2 aromatic rings. The van der Waals surface area contributed by atoms with Crippen molar-refractivity contribution in [2.75, 3.05) is 24.2 Å². The van der Waals surface area contributed by atoms with Gasteiger partial charge in [-0.05, 0) is 37.1 Å². The minimum absolute atomic E-state index is 0.142. The zero-order chi connectivity index (χ0) is 27.7. The van der Waals surface area contributed by atoms with Gasteiger partial charge in [-0.3, -0.25) is 9.69 Å². The van der Waals surface area contributed by atoms with Gasteiger partial charge in [-0.25, -0.2) is 4.79 Å². The molecule has 1 N–H and O–H groups in total. The van der Waals surface area contributed by atoms with Crippen molar-refractivity contribution in [2.45, 2.75) is 64.1 Å². The van der Waals surface area contributed by atoms with E-state index in [-0.39, 0.29) is 19.1 Å². The molecule has 0 saturated heterocycles. The first-order valence-electron chi connectivity index (χ1n) is 13.1. The SMILES string of the molecule is CC(C)=C[C@@H]1c2cccc3c2[C@@](N[S@@+]([O-])CC[Si](C)(C)C)(CCN1C(=O)OCc1ccccc1)C(=O)N3C. The highest BCUT2D eigenvalue weighted by Crippen LogP contribution is 2.49. The predicted octanol–water partition coefficient (Wildman–Crippen LogP) is 5.50. The Labute approximate surface area is 230 Å². The molecule has 2 heterocycles. The predicted molar refractivity (Wildman–Crippen MR) is 156 cm³/mol. The van der Waals surface area contributed by atoms with Crippen molar-refractivity contribution in [3.05, 3.63) is 76.9 Å². The van der Waals surface area contributed by atoms with E-state index in [1.165, 1.54) is 0 Å². The number of carbonyl (C=O) groups is 2. The lowest BCUT2D eigenvalue weighted by atomic mass is 9.85. The molecule has 2 amide bonds. The van der Waals surface area contributed by atoms with Gasteiger partial charge in [-0.2, -0.15) is 0 Å². The van der Waals surface area contributed by atoms with Crippen LogP contribution in [-0.2, 0) is 33.0 Å². The molecule has 0 radical (unpaired) electrons. The Kier molecular flexibility index (Phi) is 8.42. The molecule has 0 spiro atoms. The highest BCUT2D eigenvalue weighted by Gasteiger charge is 2.56. The van der Waals surface area contributed by atoms with Crippen LogP contribution in [0.15, 0.2) is 60.2 Å². The third-order valence-corrected chi connectivity index (χ3v) is 10.4. The highest BCUT2D eigenvalue weighted by molar-refractivity contribution is 7.89. The van der Waals surface area contributed by atoms with Gasteiger partial charge in [0.05, 0.1) is 6.04 Å². The minimum atomic E-state index is -1.42. The van der Waals surface area contributed by atoms with Crippen LogP contribution >= 0.6 is 0 Å². The van der Waals surface area contributed by atoms with E-state index in [0.717, 1.165) is 34.0 Å². The van der Waals surface area contributed by atoms with E-state index < -0.39 is 37.1 Å². The Balaban J connectivity index is 1.73. The Bertz CT molecular complexity index is 1210. The van der Waals surface area contributed by atoms with Gasteiger partial charge in [-0.15, -0.1) is 4.72 Å². The van der Waals surface area contributed by atoms with Crippen LogP contribution in [-0.4, -0.2) is 48.9 Å². The summed E-state index contributed by atoms with van der Waals surface area (Å²) < 4.78 is 22.4. The van der Waals surface area contributed by atoms with Gasteiger partial charge >= 0.3 is 6.09 Å². The number of benzene rings is 2. The van der Waals surface area contributed by atoms with Crippen molar-refractivity contribution in [2.24, 2.45) is 0 Å². The van der Waals surface area contributed by atoms with Gasteiger partial charge in [0.1, 0.15) is 12.4 Å². The fraction of sp³-hybridized carbons (Fsp3) is 0.448. The second-order valence-electron chi connectivity index (χ2n) is 11.6. The second kappa shape index (κ2) is 11.3. The van der Waals surface area contributed by atoms with E-state index in [2.05, 4.69) is 24.4 Å². The molecule has 0 unspecified atom stereocenters. The number of amides is 2. The van der Waals surface area contributed by atoms with E-state index in [4.69, 9.17) is 4.74 Å². The van der Waals surface area contributed by atoms with Crippen LogP contribution in [0.3, 0.4) is 0 Å². The van der Waals surface area contributed by atoms with Crippen LogP contribution in [0.5, 0.6) is 0 Å². The Hall–Kier alpha value is -2.59. The normalized spacial score (nSPS) is 21.6. The number of nitrogens with zero attached hydrogens (tertiary/aromatic N) is 2. The maximum Gasteiger partial charge on any atom is 0.410 e. The quantitative estimate of drug-likeness (QED) is 0.265. The summed E-state index contributed by atoms with van der Waals surface area (Å²) in [5, 5.41) is 0. The fourth-order valence-corrected chi connectivity index (χ4v) is 9.14. The molecule has 9 heteroatoms. The number of allylic oxidation sites excluding steroid dienone is 1. The van der Waals surface area contributed by atoms with Crippen molar-refractivity contribution in [1.29, 1.82) is 0 Å². The molecule has 4 rings (SSSR count). The maximum atomic E-state index is 13.9. The summed E-state index contributed by atoms with van der Waals surface area (Å²) in [6, 6.07) is 15.9. The van der Waals surface area contributed by atoms with E-state index in [1.807, 2.05) is 68.5 Å². The van der Waals surface area contributed by atoms with Crippen LogP contribution in [0.25, 0.3) is 0 Å². The Morgan fingerprint density at radius 3 is 2.55 bits per heavy atom. The third kappa shape index (κ3) is 5.86. The first-order chi connectivity index (χ1) is 17.9. The molecule has 204 valence electrons. The molecule has 0 aliphatic carbocycles. The molecule has 0 saturated carbocycles. The number of nitrogens with one attached hydrogen (secondary N) is 1. The average molecular weight is 554 g/mol. The lowest BCUT2D eigenvalue weighted by Crippen LogP contribution is -2.54. The van der Waals surface area contributed by atoms with Crippen LogP contribution in [0.4, 0.5) is 10.5 Å². The first-order valence-corrected chi connectivity index (χ1v) is 18.2. The summed E-state index contributed by atoms with van der Waals surface area (Å²) in [4.78, 5) is 30.8. The highest BCUT2D eigenvalue weighted by atomic mass is 32.2. The van der Waals surface area contributed by atoms with Crippen LogP contribution in [0.2, 0.25) is 25.7 Å². The lowest BCUT2D eigenvalue weighted by Gasteiger charge is -2.30. The Morgan fingerprint density at radius 1 is 1.18 bits per heavy atom. The summed E-state index contributed by atoms with van der Waals surface area (Å²) in [5.41, 5.74) is 3.23. The molecule has 0 aromatic heterocycles. The standard InChI is InChI=1S/C29H39N3O4SSi/c1-21(2)19-25-23-13-10-14-24-26(23)29(27(33)31(24)3,30-37(35)17-18-38(4,5)6)15-16-32(25)28(34)36-20-22-11-8-7-9-12-22/h7-14,19,25,30H,15-18,20H2,1-6H3/t25-,29+,37+/m1/s1. The topological polar surface area (TPSA) is 84.9 Å². The summed E-state index contributed by atoms with van der Waals surface area (Å²) in [6.07, 6.45) is 1.90. The van der Waals surface area contributed by atoms with Crippen molar-refractivity contribution < 1.29 is 18.9 Å². The van der Waals surface area contributed by atoms with Crippen molar-refractivity contribution in [1.82, 2.24) is 9.62 Å². The van der Waals surface area contributed by atoms with Gasteiger partial charge < -0.3 is 14.2 Å². The van der Waals surface area contributed by atoms with E-state index in [0.29, 0.717) is 12.2 Å². The molecule has 2 aliphatic rings. The number of rotatable bonds is 8. The molecule has 2 aliphatic heterocycles. The van der Waals surface area contributed by atoms with E-state index in [9.17, 15) is 14.1 Å². The zero-order valence-electron chi connectivity index (χ0n) is 23.2. The van der Waals surface area contributed by atoms with Crippen molar-refractivity contribution in [3.8, 4) is 0 Å². The molecule has 0 bridgehead atoms. The molecule has 0 fully saturated rings. The van der Waals surface area contributed by atoms with Crippen LogP contribution in [0, 0.1) is 0 Å². The second-order valence-corrected chi connectivity index (χ2v) is 18.6. The molecule has 7 nitrogen and oxygen atoms in total. The lowest BCUT2D eigenvalue weighted by molar-refractivity contribution is -0.123. The van der Waals surface area contributed by atoms with E-state index >= 15 is 0 Å². The number of anilines is 1.